The number of aromatic hydroxyl groups is 1. The number of rotatable bonds is 6. The normalized spacial score (nSPS) is 21.5. The number of carbonyl (C=O) groups excluding carboxylic acids is 2. The summed E-state index contributed by atoms with van der Waals surface area (Å²) in [7, 11) is 3.07. The van der Waals surface area contributed by atoms with Gasteiger partial charge in [-0.2, -0.15) is 0 Å². The van der Waals surface area contributed by atoms with Gasteiger partial charge in [0.25, 0.3) is 0 Å². The van der Waals surface area contributed by atoms with Crippen LogP contribution in [0.2, 0.25) is 0 Å². The van der Waals surface area contributed by atoms with Crippen molar-refractivity contribution >= 4 is 27.7 Å². The van der Waals surface area contributed by atoms with Gasteiger partial charge in [-0.15, -0.1) is 0 Å². The number of hydrogen-bond acceptors (Lipinski definition) is 7. The summed E-state index contributed by atoms with van der Waals surface area (Å²) in [5.74, 6) is -0.854. The molecule has 0 radical (unpaired) electrons. The standard InChI is InChI=1S/C28H30BrNO6/c1-14(2)36-28(33)24-15(3)30-21-11-17(16-6-8-19(34-4)9-7-16)12-22(31)26(21)25(24)18-10-20(29)27(32)23(13-18)35-5/h6-11,13-14,17,25-26,30,32H,12H2,1-5H3. The van der Waals surface area contributed by atoms with Crippen molar-refractivity contribution in [3.63, 3.8) is 0 Å². The highest BCUT2D eigenvalue weighted by Crippen LogP contribution is 2.48. The highest BCUT2D eigenvalue weighted by atomic mass is 79.9. The molecule has 0 bridgehead atoms. The molecule has 2 aromatic rings. The second-order valence-corrected chi connectivity index (χ2v) is 10.2. The van der Waals surface area contributed by atoms with E-state index in [1.807, 2.05) is 31.2 Å². The Bertz CT molecular complexity index is 1250. The number of phenols is 1. The van der Waals surface area contributed by atoms with Crippen molar-refractivity contribution in [3.8, 4) is 17.2 Å². The first-order valence-corrected chi connectivity index (χ1v) is 12.6. The molecule has 3 atom stereocenters. The van der Waals surface area contributed by atoms with Crippen LogP contribution in [0.25, 0.3) is 0 Å². The molecule has 8 heteroatoms. The molecule has 0 spiro atoms. The van der Waals surface area contributed by atoms with Crippen LogP contribution in [0.15, 0.2) is 63.9 Å². The summed E-state index contributed by atoms with van der Waals surface area (Å²) in [6.07, 6.45) is 2.04. The zero-order valence-electron chi connectivity index (χ0n) is 20.9. The molecule has 190 valence electrons. The fourth-order valence-electron chi connectivity index (χ4n) is 4.98. The molecule has 36 heavy (non-hydrogen) atoms. The molecule has 0 aromatic heterocycles. The van der Waals surface area contributed by atoms with E-state index in [-0.39, 0.29) is 29.3 Å². The molecule has 3 unspecified atom stereocenters. The number of halogens is 1. The fourth-order valence-corrected chi connectivity index (χ4v) is 5.44. The lowest BCUT2D eigenvalue weighted by Gasteiger charge is -2.39. The molecular weight excluding hydrogens is 526 g/mol. The van der Waals surface area contributed by atoms with E-state index >= 15 is 0 Å². The minimum atomic E-state index is -0.612. The molecule has 0 saturated carbocycles. The minimum absolute atomic E-state index is 0.0105. The van der Waals surface area contributed by atoms with Gasteiger partial charge in [0, 0.05) is 29.7 Å². The van der Waals surface area contributed by atoms with Crippen molar-refractivity contribution in [2.45, 2.75) is 45.1 Å². The highest BCUT2D eigenvalue weighted by Gasteiger charge is 2.45. The monoisotopic (exact) mass is 555 g/mol. The molecule has 0 amide bonds. The number of benzene rings is 2. The maximum atomic E-state index is 13.7. The smallest absolute Gasteiger partial charge is 0.336 e. The summed E-state index contributed by atoms with van der Waals surface area (Å²) in [6.45, 7) is 5.39. The average molecular weight is 556 g/mol. The molecule has 2 aliphatic rings. The Morgan fingerprint density at radius 1 is 1.08 bits per heavy atom. The van der Waals surface area contributed by atoms with Gasteiger partial charge in [-0.05, 0) is 72.1 Å². The van der Waals surface area contributed by atoms with Gasteiger partial charge in [-0.1, -0.05) is 18.2 Å². The summed E-state index contributed by atoms with van der Waals surface area (Å²) in [5, 5.41) is 13.7. The van der Waals surface area contributed by atoms with Crippen molar-refractivity contribution in [3.05, 3.63) is 75.0 Å². The molecule has 2 N–H and O–H groups in total. The van der Waals surface area contributed by atoms with E-state index in [1.165, 1.54) is 7.11 Å². The third kappa shape index (κ3) is 4.87. The Hall–Kier alpha value is -3.26. The first kappa shape index (κ1) is 25.8. The number of esters is 1. The van der Waals surface area contributed by atoms with Crippen molar-refractivity contribution in [1.82, 2.24) is 5.32 Å². The van der Waals surface area contributed by atoms with Gasteiger partial charge in [0.2, 0.25) is 0 Å². The quantitative estimate of drug-likeness (QED) is 0.464. The van der Waals surface area contributed by atoms with Crippen molar-refractivity contribution in [2.24, 2.45) is 5.92 Å². The number of nitrogens with one attached hydrogen (secondary N) is 1. The van der Waals surface area contributed by atoms with Crippen LogP contribution < -0.4 is 14.8 Å². The number of ether oxygens (including phenoxy) is 3. The van der Waals surface area contributed by atoms with Crippen LogP contribution in [-0.2, 0) is 14.3 Å². The Morgan fingerprint density at radius 3 is 2.39 bits per heavy atom. The third-order valence-electron chi connectivity index (χ3n) is 6.60. The summed E-state index contributed by atoms with van der Waals surface area (Å²) >= 11 is 3.38. The maximum Gasteiger partial charge on any atom is 0.336 e. The summed E-state index contributed by atoms with van der Waals surface area (Å²) in [4.78, 5) is 27.0. The van der Waals surface area contributed by atoms with Crippen LogP contribution in [0.3, 0.4) is 0 Å². The Balaban J connectivity index is 1.85. The zero-order valence-corrected chi connectivity index (χ0v) is 22.5. The summed E-state index contributed by atoms with van der Waals surface area (Å²) < 4.78 is 16.6. The van der Waals surface area contributed by atoms with E-state index in [2.05, 4.69) is 27.3 Å². The maximum absolute atomic E-state index is 13.7. The van der Waals surface area contributed by atoms with Crippen molar-refractivity contribution in [1.29, 1.82) is 0 Å². The van der Waals surface area contributed by atoms with Gasteiger partial charge in [-0.3, -0.25) is 4.79 Å². The number of allylic oxidation sites excluding steroid dienone is 3. The zero-order chi connectivity index (χ0) is 26.1. The minimum Gasteiger partial charge on any atom is -0.503 e. The molecule has 1 aliphatic heterocycles. The lowest BCUT2D eigenvalue weighted by molar-refractivity contribution is -0.143. The molecular formula is C28H30BrNO6. The van der Waals surface area contributed by atoms with E-state index in [0.29, 0.717) is 27.7 Å². The van der Waals surface area contributed by atoms with E-state index in [1.54, 1.807) is 33.1 Å². The Kier molecular flexibility index (Phi) is 7.45. The molecule has 1 aliphatic carbocycles. The lowest BCUT2D eigenvalue weighted by atomic mass is 9.68. The van der Waals surface area contributed by atoms with Crippen LogP contribution in [0, 0.1) is 5.92 Å². The second-order valence-electron chi connectivity index (χ2n) is 9.30. The molecule has 2 aromatic carbocycles. The topological polar surface area (TPSA) is 94.1 Å². The van der Waals surface area contributed by atoms with Gasteiger partial charge >= 0.3 is 5.97 Å². The Morgan fingerprint density at radius 2 is 1.78 bits per heavy atom. The first-order chi connectivity index (χ1) is 17.1. The van der Waals surface area contributed by atoms with Gasteiger partial charge in [0.1, 0.15) is 11.5 Å². The van der Waals surface area contributed by atoms with Crippen LogP contribution in [0.5, 0.6) is 17.2 Å². The van der Waals surface area contributed by atoms with Crippen molar-refractivity contribution in [2.75, 3.05) is 14.2 Å². The largest absolute Gasteiger partial charge is 0.503 e. The number of carbonyl (C=O) groups is 2. The highest BCUT2D eigenvalue weighted by molar-refractivity contribution is 9.10. The Labute approximate surface area is 219 Å². The molecule has 0 fully saturated rings. The van der Waals surface area contributed by atoms with E-state index in [0.717, 1.165) is 17.0 Å². The van der Waals surface area contributed by atoms with E-state index < -0.39 is 17.8 Å². The third-order valence-corrected chi connectivity index (χ3v) is 7.20. The molecule has 7 nitrogen and oxygen atoms in total. The number of Topliss-reactive ketones (excluding diaryl/α,β-unsaturated/α-hetero) is 1. The van der Waals surface area contributed by atoms with Gasteiger partial charge in [0.15, 0.2) is 11.5 Å². The van der Waals surface area contributed by atoms with E-state index in [4.69, 9.17) is 14.2 Å². The van der Waals surface area contributed by atoms with Gasteiger partial charge in [0.05, 0.1) is 36.3 Å². The molecule has 0 saturated heterocycles. The SMILES string of the molecule is COc1ccc(C2C=C3NC(C)=C(C(=O)OC(C)C)C(c4cc(Br)c(O)c(OC)c4)C3C(=O)C2)cc1. The number of fused-ring (bicyclic) bond motifs is 1. The molecule has 4 rings (SSSR count). The van der Waals surface area contributed by atoms with Gasteiger partial charge in [-0.25, -0.2) is 4.79 Å². The lowest BCUT2D eigenvalue weighted by Crippen LogP contribution is -2.42. The first-order valence-electron chi connectivity index (χ1n) is 11.8. The number of phenolic OH excluding ortho intramolecular Hbond substituents is 1. The number of methoxy groups -OCH3 is 2. The fraction of sp³-hybridized carbons (Fsp3) is 0.357. The van der Waals surface area contributed by atoms with Crippen LogP contribution in [0.1, 0.15) is 50.2 Å². The number of hydrogen-bond donors (Lipinski definition) is 2. The summed E-state index contributed by atoms with van der Waals surface area (Å²) in [6, 6.07) is 11.1. The second kappa shape index (κ2) is 10.4. The molecule has 1 heterocycles. The van der Waals surface area contributed by atoms with Crippen LogP contribution >= 0.6 is 15.9 Å². The summed E-state index contributed by atoms with van der Waals surface area (Å²) in [5.41, 5.74) is 3.44. The number of ketones is 1. The predicted molar refractivity (Wildman–Crippen MR) is 139 cm³/mol. The average Bonchev–Trinajstić information content (AvgIpc) is 2.84. The van der Waals surface area contributed by atoms with Crippen LogP contribution in [-0.4, -0.2) is 37.2 Å². The van der Waals surface area contributed by atoms with E-state index in [9.17, 15) is 14.7 Å². The van der Waals surface area contributed by atoms with Crippen molar-refractivity contribution < 1.29 is 28.9 Å². The predicted octanol–water partition coefficient (Wildman–Crippen LogP) is 5.34. The van der Waals surface area contributed by atoms with Crippen LogP contribution in [0.4, 0.5) is 0 Å². The van der Waals surface area contributed by atoms with Gasteiger partial charge < -0.3 is 24.6 Å².